The number of aryl methyl sites for hydroxylation is 6. The van der Waals surface area contributed by atoms with Gasteiger partial charge in [-0.15, -0.1) is 0 Å². The summed E-state index contributed by atoms with van der Waals surface area (Å²) in [6.07, 6.45) is 3.46. The van der Waals surface area contributed by atoms with Crippen molar-refractivity contribution >= 4 is 34.3 Å². The van der Waals surface area contributed by atoms with Crippen LogP contribution in [-0.4, -0.2) is 9.97 Å². The predicted octanol–water partition coefficient (Wildman–Crippen LogP) is 12.2. The molecular weight excluding hydrogens is 585 g/mol. The lowest BCUT2D eigenvalue weighted by Crippen LogP contribution is -2.21. The number of rotatable bonds is 7. The monoisotopic (exact) mass is 630 g/mol. The first-order valence-electron chi connectivity index (χ1n) is 16.8. The summed E-state index contributed by atoms with van der Waals surface area (Å²) in [5, 5.41) is 0. The highest BCUT2D eigenvalue weighted by molar-refractivity contribution is 5.94. The summed E-state index contributed by atoms with van der Waals surface area (Å²) in [5.74, 6) is 0.832. The Kier molecular flexibility index (Phi) is 8.94. The van der Waals surface area contributed by atoms with Crippen LogP contribution in [0.15, 0.2) is 97.5 Å². The zero-order valence-corrected chi connectivity index (χ0v) is 30.0. The molecule has 5 aromatic carbocycles. The van der Waals surface area contributed by atoms with Gasteiger partial charge in [0.25, 0.3) is 0 Å². The molecule has 4 nitrogen and oxygen atoms in total. The van der Waals surface area contributed by atoms with Crippen molar-refractivity contribution in [1.29, 1.82) is 0 Å². The number of anilines is 6. The zero-order valence-electron chi connectivity index (χ0n) is 30.0. The molecule has 0 aliphatic carbocycles. The average Bonchev–Trinajstić information content (AvgIpc) is 3.05. The molecule has 48 heavy (non-hydrogen) atoms. The smallest absolute Gasteiger partial charge is 0.140 e. The molecule has 0 radical (unpaired) electrons. The van der Waals surface area contributed by atoms with Crippen molar-refractivity contribution in [2.24, 2.45) is 0 Å². The standard InChI is InChI=1S/C44H46N4/c1-27-22-29(3)41(30(4)23-27)48(42-31(5)24-28(2)25-32(42)6)44-35(9)33(7)43(34(8)36(44)10)47(40-20-21-45-26-46-40)39-19-15-14-18-38(39)37-16-12-11-13-17-37/h11-26H,1-10H3. The van der Waals surface area contributed by atoms with Gasteiger partial charge in [0.2, 0.25) is 0 Å². The van der Waals surface area contributed by atoms with Gasteiger partial charge in [-0.3, -0.25) is 4.90 Å². The summed E-state index contributed by atoms with van der Waals surface area (Å²) in [6.45, 7) is 22.5. The Labute approximate surface area is 286 Å². The molecule has 6 aromatic rings. The maximum absolute atomic E-state index is 4.83. The van der Waals surface area contributed by atoms with Crippen LogP contribution in [0, 0.1) is 69.2 Å². The van der Waals surface area contributed by atoms with Crippen molar-refractivity contribution in [3.05, 3.63) is 153 Å². The molecule has 0 aliphatic heterocycles. The molecule has 0 N–H and O–H groups in total. The van der Waals surface area contributed by atoms with Crippen LogP contribution in [0.1, 0.15) is 55.6 Å². The third kappa shape index (κ3) is 5.77. The Morgan fingerprint density at radius 1 is 0.458 bits per heavy atom. The van der Waals surface area contributed by atoms with E-state index in [1.165, 1.54) is 72.7 Å². The summed E-state index contributed by atoms with van der Waals surface area (Å²) in [5.41, 5.74) is 20.8. The molecular formula is C44H46N4. The van der Waals surface area contributed by atoms with Gasteiger partial charge in [0.15, 0.2) is 0 Å². The van der Waals surface area contributed by atoms with Crippen molar-refractivity contribution in [1.82, 2.24) is 9.97 Å². The molecule has 0 unspecified atom stereocenters. The Morgan fingerprint density at radius 2 is 0.917 bits per heavy atom. The summed E-state index contributed by atoms with van der Waals surface area (Å²) in [4.78, 5) is 14.0. The van der Waals surface area contributed by atoms with Crippen LogP contribution in [-0.2, 0) is 0 Å². The van der Waals surface area contributed by atoms with E-state index in [1.807, 2.05) is 12.3 Å². The van der Waals surface area contributed by atoms with Crippen LogP contribution >= 0.6 is 0 Å². The summed E-state index contributed by atoms with van der Waals surface area (Å²) < 4.78 is 0. The minimum Gasteiger partial charge on any atom is -0.309 e. The van der Waals surface area contributed by atoms with Gasteiger partial charge in [0.1, 0.15) is 12.1 Å². The third-order valence-corrected chi connectivity index (χ3v) is 9.74. The lowest BCUT2D eigenvalue weighted by atomic mass is 9.91. The maximum Gasteiger partial charge on any atom is 0.140 e. The second-order valence-electron chi connectivity index (χ2n) is 13.3. The first kappa shape index (κ1) is 32.7. The van der Waals surface area contributed by atoms with Crippen LogP contribution in [0.4, 0.5) is 34.3 Å². The summed E-state index contributed by atoms with van der Waals surface area (Å²) >= 11 is 0. The van der Waals surface area contributed by atoms with Gasteiger partial charge < -0.3 is 4.90 Å². The number of hydrogen-bond donors (Lipinski definition) is 0. The fraction of sp³-hybridized carbons (Fsp3) is 0.227. The molecule has 0 saturated heterocycles. The van der Waals surface area contributed by atoms with E-state index >= 15 is 0 Å². The molecule has 242 valence electrons. The van der Waals surface area contributed by atoms with E-state index < -0.39 is 0 Å². The van der Waals surface area contributed by atoms with E-state index in [2.05, 4.69) is 163 Å². The van der Waals surface area contributed by atoms with Gasteiger partial charge in [-0.05, 0) is 131 Å². The Bertz CT molecular complexity index is 2000. The van der Waals surface area contributed by atoms with Crippen LogP contribution in [0.3, 0.4) is 0 Å². The van der Waals surface area contributed by atoms with Crippen LogP contribution < -0.4 is 9.80 Å². The first-order valence-corrected chi connectivity index (χ1v) is 16.8. The van der Waals surface area contributed by atoms with Gasteiger partial charge >= 0.3 is 0 Å². The maximum atomic E-state index is 4.83. The van der Waals surface area contributed by atoms with E-state index in [0.29, 0.717) is 0 Å². The van der Waals surface area contributed by atoms with Crippen LogP contribution in [0.25, 0.3) is 11.1 Å². The molecule has 0 amide bonds. The highest BCUT2D eigenvalue weighted by Gasteiger charge is 2.29. The normalized spacial score (nSPS) is 11.1. The van der Waals surface area contributed by atoms with Crippen LogP contribution in [0.5, 0.6) is 0 Å². The third-order valence-electron chi connectivity index (χ3n) is 9.74. The number of para-hydroxylation sites is 1. The second-order valence-corrected chi connectivity index (χ2v) is 13.3. The molecule has 1 heterocycles. The van der Waals surface area contributed by atoms with Crippen molar-refractivity contribution in [2.45, 2.75) is 69.2 Å². The quantitative estimate of drug-likeness (QED) is 0.176. The van der Waals surface area contributed by atoms with Gasteiger partial charge in [-0.1, -0.05) is 83.9 Å². The van der Waals surface area contributed by atoms with Crippen molar-refractivity contribution < 1.29 is 0 Å². The summed E-state index contributed by atoms with van der Waals surface area (Å²) in [6, 6.07) is 30.5. The Hall–Kier alpha value is -5.22. The molecule has 0 bridgehead atoms. The topological polar surface area (TPSA) is 32.3 Å². The van der Waals surface area contributed by atoms with Crippen molar-refractivity contribution in [3.63, 3.8) is 0 Å². The highest BCUT2D eigenvalue weighted by atomic mass is 15.2. The van der Waals surface area contributed by atoms with Crippen molar-refractivity contribution in [3.8, 4) is 11.1 Å². The molecule has 0 spiro atoms. The highest BCUT2D eigenvalue weighted by Crippen LogP contribution is 2.51. The molecule has 0 aliphatic rings. The van der Waals surface area contributed by atoms with Gasteiger partial charge in [-0.2, -0.15) is 0 Å². The van der Waals surface area contributed by atoms with Crippen molar-refractivity contribution in [2.75, 3.05) is 9.80 Å². The lowest BCUT2D eigenvalue weighted by Gasteiger charge is -2.37. The largest absolute Gasteiger partial charge is 0.309 e. The van der Waals surface area contributed by atoms with E-state index in [4.69, 9.17) is 4.98 Å². The first-order chi connectivity index (χ1) is 23.0. The number of hydrogen-bond acceptors (Lipinski definition) is 4. The van der Waals surface area contributed by atoms with Gasteiger partial charge in [-0.25, -0.2) is 9.97 Å². The SMILES string of the molecule is Cc1cc(C)c(N(c2c(C)cc(C)cc2C)c2c(C)c(C)c(N(c3ccncn3)c3ccccc3-c3ccccc3)c(C)c2C)c(C)c1. The van der Waals surface area contributed by atoms with E-state index in [0.717, 1.165) is 28.3 Å². The predicted molar refractivity (Wildman–Crippen MR) is 204 cm³/mol. The van der Waals surface area contributed by atoms with Gasteiger partial charge in [0.05, 0.1) is 28.4 Å². The van der Waals surface area contributed by atoms with E-state index in [9.17, 15) is 0 Å². The fourth-order valence-corrected chi connectivity index (χ4v) is 7.63. The number of aromatic nitrogens is 2. The summed E-state index contributed by atoms with van der Waals surface area (Å²) in [7, 11) is 0. The number of benzene rings is 5. The molecule has 6 rings (SSSR count). The molecule has 4 heteroatoms. The Morgan fingerprint density at radius 3 is 1.40 bits per heavy atom. The zero-order chi connectivity index (χ0) is 34.3. The van der Waals surface area contributed by atoms with Crippen LogP contribution in [0.2, 0.25) is 0 Å². The average molecular weight is 631 g/mol. The lowest BCUT2D eigenvalue weighted by molar-refractivity contribution is 1.07. The molecule has 0 saturated carbocycles. The molecule has 0 atom stereocenters. The molecule has 1 aromatic heterocycles. The molecule has 0 fully saturated rings. The minimum atomic E-state index is 0.832. The Balaban J connectivity index is 1.69. The van der Waals surface area contributed by atoms with E-state index in [-0.39, 0.29) is 0 Å². The fourth-order valence-electron chi connectivity index (χ4n) is 7.63. The second kappa shape index (κ2) is 13.1. The number of nitrogens with zero attached hydrogens (tertiary/aromatic N) is 4. The van der Waals surface area contributed by atoms with Gasteiger partial charge in [0, 0.05) is 11.8 Å². The minimum absolute atomic E-state index is 0.832. The van der Waals surface area contributed by atoms with E-state index in [1.54, 1.807) is 6.33 Å².